The van der Waals surface area contributed by atoms with Crippen molar-refractivity contribution < 1.29 is 29.7 Å². The van der Waals surface area contributed by atoms with Gasteiger partial charge in [0.05, 0.1) is 6.61 Å². The lowest BCUT2D eigenvalue weighted by atomic mass is 10.1. The van der Waals surface area contributed by atoms with Crippen molar-refractivity contribution in [1.82, 2.24) is 14.9 Å². The van der Waals surface area contributed by atoms with Gasteiger partial charge in [-0.1, -0.05) is 0 Å². The molecule has 11 nitrogen and oxygen atoms in total. The molecule has 122 valence electrons. The maximum atomic E-state index is 11.9. The molecule has 1 aliphatic heterocycles. The summed E-state index contributed by atoms with van der Waals surface area (Å²) < 4.78 is 6.17. The Morgan fingerprint density at radius 2 is 2.23 bits per heavy atom. The van der Waals surface area contributed by atoms with Crippen LogP contribution in [0.3, 0.4) is 0 Å². The fourth-order valence-electron chi connectivity index (χ4n) is 1.92. The number of aliphatic hydroxyl groups excluding tert-OH is 3. The van der Waals surface area contributed by atoms with E-state index >= 15 is 0 Å². The number of aromatic nitrogens is 2. The Balaban J connectivity index is 2.13. The van der Waals surface area contributed by atoms with E-state index in [4.69, 9.17) is 9.84 Å². The van der Waals surface area contributed by atoms with E-state index in [9.17, 15) is 19.8 Å². The van der Waals surface area contributed by atoms with E-state index in [1.54, 1.807) is 0 Å². The first kappa shape index (κ1) is 16.2. The Morgan fingerprint density at radius 1 is 1.50 bits per heavy atom. The highest BCUT2D eigenvalue weighted by Gasteiger charge is 2.43. The second-order valence-corrected chi connectivity index (χ2v) is 4.47. The highest BCUT2D eigenvalue weighted by atomic mass is 16.7. The van der Waals surface area contributed by atoms with Crippen LogP contribution >= 0.6 is 0 Å². The molecule has 1 aliphatic rings. The number of ether oxygens (including phenoxy) is 1. The van der Waals surface area contributed by atoms with E-state index in [2.05, 4.69) is 20.6 Å². The molecule has 1 aromatic rings. The highest BCUT2D eigenvalue weighted by molar-refractivity contribution is 5.67. The second-order valence-electron chi connectivity index (χ2n) is 4.47. The lowest BCUT2D eigenvalue weighted by Crippen LogP contribution is -2.36. The summed E-state index contributed by atoms with van der Waals surface area (Å²) >= 11 is 0. The van der Waals surface area contributed by atoms with E-state index in [1.807, 2.05) is 0 Å². The highest BCUT2D eigenvalue weighted by Crippen LogP contribution is 2.28. The number of nitrogens with zero attached hydrogens (tertiary/aromatic N) is 2. The number of carbonyl (C=O) groups is 1. The lowest BCUT2D eigenvalue weighted by molar-refractivity contribution is -0.0549. The number of aliphatic hydroxyl groups is 3. The molecule has 1 aromatic heterocycles. The topological polar surface area (TPSA) is 155 Å². The number of nitrogens with one attached hydrogen (secondary N) is 2. The lowest BCUT2D eigenvalue weighted by Gasteiger charge is -2.17. The minimum Gasteiger partial charge on any atom is -0.394 e. The minimum atomic E-state index is -1.39. The van der Waals surface area contributed by atoms with Gasteiger partial charge in [-0.2, -0.15) is 10.5 Å². The normalized spacial score (nSPS) is 27.5. The first-order valence-corrected chi connectivity index (χ1v) is 6.34. The predicted molar refractivity (Wildman–Crippen MR) is 70.7 cm³/mol. The molecule has 0 radical (unpaired) electrons. The molecule has 5 N–H and O–H groups in total. The quantitative estimate of drug-likeness (QED) is 0.380. The summed E-state index contributed by atoms with van der Waals surface area (Å²) in [4.78, 5) is 30.9. The number of anilines is 1. The van der Waals surface area contributed by atoms with Gasteiger partial charge < -0.3 is 30.2 Å². The molecule has 0 bridgehead atoms. The van der Waals surface area contributed by atoms with Crippen LogP contribution in [0.1, 0.15) is 6.23 Å². The molecule has 1 fully saturated rings. The monoisotopic (exact) mass is 316 g/mol. The molecule has 22 heavy (non-hydrogen) atoms. The summed E-state index contributed by atoms with van der Waals surface area (Å²) in [6, 6.07) is 1.30. The summed E-state index contributed by atoms with van der Waals surface area (Å²) in [6.07, 6.45) is -4.42. The molecule has 4 atom stereocenters. The van der Waals surface area contributed by atoms with Gasteiger partial charge in [0.2, 0.25) is 0 Å². The van der Waals surface area contributed by atoms with Crippen molar-refractivity contribution in [2.24, 2.45) is 0 Å². The zero-order chi connectivity index (χ0) is 16.3. The van der Waals surface area contributed by atoms with E-state index < -0.39 is 42.9 Å². The van der Waals surface area contributed by atoms with Crippen LogP contribution in [0, 0.1) is 0 Å². The van der Waals surface area contributed by atoms with Crippen LogP contribution in [0.4, 0.5) is 10.6 Å². The number of carbonyl (C=O) groups excluding carboxylic acids is 1. The van der Waals surface area contributed by atoms with Crippen LogP contribution in [0.15, 0.2) is 17.1 Å². The minimum absolute atomic E-state index is 0.0309. The van der Waals surface area contributed by atoms with E-state index in [-0.39, 0.29) is 5.82 Å². The van der Waals surface area contributed by atoms with Crippen LogP contribution < -0.4 is 16.5 Å². The van der Waals surface area contributed by atoms with Gasteiger partial charge in [-0.25, -0.2) is 9.59 Å². The molecular formula is C11H16N4O7. The van der Waals surface area contributed by atoms with Crippen molar-refractivity contribution in [1.29, 1.82) is 0 Å². The van der Waals surface area contributed by atoms with Gasteiger partial charge in [0, 0.05) is 19.3 Å². The van der Waals surface area contributed by atoms with Crippen molar-refractivity contribution in [3.63, 3.8) is 0 Å². The standard InChI is InChI=1S/C11H16N4O7/c1-12-11(20)22-14-6-2-3-15(10(19)13-6)9-8(18)7(17)5(4-16)21-9/h2-3,5,7-9,16-18H,4H2,1H3,(H,12,20)(H,13,14,19)/t5-,7+,8+,9-/m1/s1. The Bertz CT molecular complexity index is 592. The average molecular weight is 316 g/mol. The largest absolute Gasteiger partial charge is 0.431 e. The van der Waals surface area contributed by atoms with Crippen molar-refractivity contribution in [3.05, 3.63) is 22.7 Å². The molecule has 1 saturated heterocycles. The number of hydrogen-bond acceptors (Lipinski definition) is 9. The molecular weight excluding hydrogens is 300 g/mol. The first-order valence-electron chi connectivity index (χ1n) is 6.34. The van der Waals surface area contributed by atoms with Gasteiger partial charge in [-0.15, -0.1) is 0 Å². The summed E-state index contributed by atoms with van der Waals surface area (Å²) in [5.74, 6) is -0.0309. The molecule has 2 rings (SSSR count). The SMILES string of the molecule is CNC(=O)ONc1ccn([C@@H]2O[C@H](CO)[C@H](O)[C@@H]2O)c(=O)n1. The average Bonchev–Trinajstić information content (AvgIpc) is 2.80. The smallest absolute Gasteiger partial charge is 0.394 e. The third kappa shape index (κ3) is 3.17. The maximum absolute atomic E-state index is 11.9. The van der Waals surface area contributed by atoms with Gasteiger partial charge in [-0.05, 0) is 0 Å². The predicted octanol–water partition coefficient (Wildman–Crippen LogP) is -2.46. The van der Waals surface area contributed by atoms with Gasteiger partial charge in [-0.3, -0.25) is 4.57 Å². The fourth-order valence-corrected chi connectivity index (χ4v) is 1.92. The molecule has 2 heterocycles. The summed E-state index contributed by atoms with van der Waals surface area (Å²) in [7, 11) is 1.36. The van der Waals surface area contributed by atoms with E-state index in [0.29, 0.717) is 0 Å². The zero-order valence-corrected chi connectivity index (χ0v) is 11.5. The van der Waals surface area contributed by atoms with E-state index in [1.165, 1.54) is 19.3 Å². The molecule has 0 unspecified atom stereocenters. The molecule has 0 spiro atoms. The van der Waals surface area contributed by atoms with Crippen LogP contribution in [-0.2, 0) is 9.57 Å². The maximum Gasteiger partial charge on any atom is 0.431 e. The summed E-state index contributed by atoms with van der Waals surface area (Å²) in [6.45, 7) is -0.503. The van der Waals surface area contributed by atoms with Gasteiger partial charge in [0.25, 0.3) is 0 Å². The van der Waals surface area contributed by atoms with Crippen LogP contribution in [0.25, 0.3) is 0 Å². The van der Waals surface area contributed by atoms with Crippen LogP contribution in [0.2, 0.25) is 0 Å². The second kappa shape index (κ2) is 6.70. The zero-order valence-electron chi connectivity index (χ0n) is 11.5. The third-order valence-corrected chi connectivity index (χ3v) is 3.07. The van der Waals surface area contributed by atoms with Gasteiger partial charge in [0.15, 0.2) is 12.0 Å². The molecule has 1 amide bonds. The summed E-state index contributed by atoms with van der Waals surface area (Å²) in [5.41, 5.74) is 1.36. The number of amides is 1. The van der Waals surface area contributed by atoms with Crippen molar-refractivity contribution in [2.75, 3.05) is 19.1 Å². The summed E-state index contributed by atoms with van der Waals surface area (Å²) in [5, 5.41) is 30.7. The Kier molecular flexibility index (Phi) is 4.92. The van der Waals surface area contributed by atoms with Crippen molar-refractivity contribution in [2.45, 2.75) is 24.5 Å². The van der Waals surface area contributed by atoms with Crippen molar-refractivity contribution >= 4 is 11.9 Å². The van der Waals surface area contributed by atoms with Crippen molar-refractivity contribution in [3.8, 4) is 0 Å². The van der Waals surface area contributed by atoms with Gasteiger partial charge >= 0.3 is 11.8 Å². The first-order chi connectivity index (χ1) is 10.5. The fraction of sp³-hybridized carbons (Fsp3) is 0.545. The molecule has 0 aromatic carbocycles. The van der Waals surface area contributed by atoms with E-state index in [0.717, 1.165) is 4.57 Å². The number of rotatable bonds is 4. The molecule has 0 saturated carbocycles. The Labute approximate surface area is 124 Å². The Hall–Kier alpha value is -2.21. The Morgan fingerprint density at radius 3 is 2.77 bits per heavy atom. The van der Waals surface area contributed by atoms with Crippen LogP contribution in [-0.4, -0.2) is 62.9 Å². The van der Waals surface area contributed by atoms with Gasteiger partial charge in [0.1, 0.15) is 18.3 Å². The number of hydrogen-bond donors (Lipinski definition) is 5. The molecule has 0 aliphatic carbocycles. The molecule has 11 heteroatoms. The third-order valence-electron chi connectivity index (χ3n) is 3.07. The van der Waals surface area contributed by atoms with Crippen LogP contribution in [0.5, 0.6) is 0 Å².